The molecule has 0 atom stereocenters. The number of allylic oxidation sites excluding steroid dienone is 1. The van der Waals surface area contributed by atoms with Gasteiger partial charge in [0.1, 0.15) is 11.6 Å². The zero-order valence-corrected chi connectivity index (χ0v) is 17.3. The number of alkyl halides is 3. The molecule has 0 aliphatic carbocycles. The summed E-state index contributed by atoms with van der Waals surface area (Å²) < 4.78 is 47.7. The van der Waals surface area contributed by atoms with Crippen LogP contribution in [0.5, 0.6) is 0 Å². The van der Waals surface area contributed by atoms with Gasteiger partial charge in [0.05, 0.1) is 30.5 Å². The topological polar surface area (TPSA) is 136 Å². The second kappa shape index (κ2) is 8.54. The Hall–Kier alpha value is -3.93. The molecule has 1 saturated heterocycles. The van der Waals surface area contributed by atoms with Crippen molar-refractivity contribution in [2.45, 2.75) is 6.18 Å². The van der Waals surface area contributed by atoms with Crippen LogP contribution in [0.4, 0.5) is 19.0 Å². The van der Waals surface area contributed by atoms with Crippen LogP contribution in [0.2, 0.25) is 0 Å². The zero-order valence-electron chi connectivity index (χ0n) is 17.3. The van der Waals surface area contributed by atoms with Crippen molar-refractivity contribution < 1.29 is 22.7 Å². The Morgan fingerprint density at radius 2 is 1.91 bits per heavy atom. The van der Waals surface area contributed by atoms with Gasteiger partial charge < -0.3 is 26.5 Å². The number of nitrogens with one attached hydrogen (secondary N) is 1. The van der Waals surface area contributed by atoms with Gasteiger partial charge in [-0.3, -0.25) is 4.79 Å². The quantitative estimate of drug-likeness (QED) is 0.502. The second-order valence-corrected chi connectivity index (χ2v) is 7.27. The number of ether oxygens (including phenoxy) is 1. The molecule has 2 aromatic heterocycles. The molecule has 0 radical (unpaired) electrons. The van der Waals surface area contributed by atoms with Crippen LogP contribution in [-0.2, 0) is 10.9 Å². The predicted octanol–water partition coefficient (Wildman–Crippen LogP) is 2.46. The van der Waals surface area contributed by atoms with E-state index in [1.807, 2.05) is 4.90 Å². The van der Waals surface area contributed by atoms with E-state index in [9.17, 15) is 18.0 Å². The molecule has 1 fully saturated rings. The van der Waals surface area contributed by atoms with Crippen molar-refractivity contribution in [3.8, 4) is 11.1 Å². The van der Waals surface area contributed by atoms with E-state index in [0.29, 0.717) is 43.1 Å². The maximum atomic E-state index is 13.7. The lowest BCUT2D eigenvalue weighted by Gasteiger charge is -2.28. The highest BCUT2D eigenvalue weighted by Gasteiger charge is 2.36. The van der Waals surface area contributed by atoms with E-state index in [1.54, 1.807) is 6.07 Å². The van der Waals surface area contributed by atoms with Crippen LogP contribution in [0.3, 0.4) is 0 Å². The molecule has 0 bridgehead atoms. The number of morpholine rings is 1. The number of primary amides is 1. The lowest BCUT2D eigenvalue weighted by molar-refractivity contribution is -0.137. The summed E-state index contributed by atoms with van der Waals surface area (Å²) in [5, 5.41) is 11.8. The minimum atomic E-state index is -4.78. The van der Waals surface area contributed by atoms with Gasteiger partial charge in [0.15, 0.2) is 5.65 Å². The Labute approximate surface area is 185 Å². The summed E-state index contributed by atoms with van der Waals surface area (Å²) in [6.07, 6.45) is -1.10. The largest absolute Gasteiger partial charge is 0.417 e. The fourth-order valence-corrected chi connectivity index (χ4v) is 3.79. The maximum Gasteiger partial charge on any atom is 0.417 e. The molecule has 1 aliphatic rings. The third kappa shape index (κ3) is 4.12. The Morgan fingerprint density at radius 3 is 2.55 bits per heavy atom. The van der Waals surface area contributed by atoms with Gasteiger partial charge in [-0.1, -0.05) is 12.1 Å². The zero-order chi connectivity index (χ0) is 23.8. The average molecular weight is 459 g/mol. The number of carbonyl (C=O) groups is 1. The van der Waals surface area contributed by atoms with Crippen LogP contribution >= 0.6 is 0 Å². The molecule has 12 heteroatoms. The van der Waals surface area contributed by atoms with Gasteiger partial charge in [0, 0.05) is 24.7 Å². The van der Waals surface area contributed by atoms with E-state index in [2.05, 4.69) is 10.1 Å². The highest BCUT2D eigenvalue weighted by Crippen LogP contribution is 2.39. The lowest BCUT2D eigenvalue weighted by Crippen LogP contribution is -2.36. The Bertz CT molecular complexity index is 1260. The van der Waals surface area contributed by atoms with Gasteiger partial charge in [-0.25, -0.2) is 4.98 Å². The second-order valence-electron chi connectivity index (χ2n) is 7.27. The number of aromatic nitrogens is 3. The Morgan fingerprint density at radius 1 is 1.18 bits per heavy atom. The van der Waals surface area contributed by atoms with E-state index in [0.717, 1.165) is 12.3 Å². The van der Waals surface area contributed by atoms with Crippen LogP contribution in [-0.4, -0.2) is 53.2 Å². The summed E-state index contributed by atoms with van der Waals surface area (Å²) in [5.74, 6) is -0.652. The molecule has 3 heterocycles. The molecule has 0 saturated carbocycles. The van der Waals surface area contributed by atoms with Gasteiger partial charge in [0.25, 0.3) is 0 Å². The highest BCUT2D eigenvalue weighted by atomic mass is 19.4. The summed E-state index contributed by atoms with van der Waals surface area (Å²) >= 11 is 0. The molecular weight excluding hydrogens is 439 g/mol. The van der Waals surface area contributed by atoms with Crippen molar-refractivity contribution in [2.75, 3.05) is 31.2 Å². The third-order valence-corrected chi connectivity index (χ3v) is 5.27. The van der Waals surface area contributed by atoms with Crippen molar-refractivity contribution in [1.29, 1.82) is 5.41 Å². The van der Waals surface area contributed by atoms with Crippen molar-refractivity contribution in [3.05, 3.63) is 47.7 Å². The van der Waals surface area contributed by atoms with Gasteiger partial charge in [0.2, 0.25) is 5.91 Å². The number of fused-ring (bicyclic) bond motifs is 1. The molecule has 9 nitrogen and oxygen atoms in total. The lowest BCUT2D eigenvalue weighted by atomic mass is 9.93. The molecule has 5 N–H and O–H groups in total. The smallest absolute Gasteiger partial charge is 0.384 e. The minimum absolute atomic E-state index is 0.00777. The van der Waals surface area contributed by atoms with Gasteiger partial charge in [-0.2, -0.15) is 23.0 Å². The number of halogens is 3. The molecule has 33 heavy (non-hydrogen) atoms. The minimum Gasteiger partial charge on any atom is -0.384 e. The SMILES string of the molecule is N=C/C=C(\N)n1ncc2c(-c3cccc(C(F)(F)F)c3C(N)=O)cc(N3CCOCC3)nc21. The number of anilines is 1. The van der Waals surface area contributed by atoms with Gasteiger partial charge >= 0.3 is 6.18 Å². The van der Waals surface area contributed by atoms with Crippen LogP contribution in [0, 0.1) is 5.41 Å². The van der Waals surface area contributed by atoms with Crippen LogP contribution in [0.1, 0.15) is 15.9 Å². The van der Waals surface area contributed by atoms with Crippen LogP contribution in [0.25, 0.3) is 28.0 Å². The molecule has 0 spiro atoms. The first-order valence-corrected chi connectivity index (χ1v) is 9.91. The molecule has 3 aromatic rings. The molecule has 172 valence electrons. The number of hydrogen-bond donors (Lipinski definition) is 3. The summed E-state index contributed by atoms with van der Waals surface area (Å²) in [6, 6.07) is 5.05. The number of carbonyl (C=O) groups excluding carboxylic acids is 1. The number of nitrogens with zero attached hydrogens (tertiary/aromatic N) is 4. The van der Waals surface area contributed by atoms with Gasteiger partial charge in [-0.05, 0) is 29.3 Å². The third-order valence-electron chi connectivity index (χ3n) is 5.27. The summed E-state index contributed by atoms with van der Waals surface area (Å²) in [6.45, 7) is 1.95. The van der Waals surface area contributed by atoms with Crippen molar-refractivity contribution in [2.24, 2.45) is 11.5 Å². The highest BCUT2D eigenvalue weighted by molar-refractivity contribution is 6.06. The standard InChI is InChI=1S/C21H20F3N7O2/c22-21(23,24)15-3-1-2-12(18(15)19(27)32)13-10-17(30-6-8-33-9-7-30)29-20-14(13)11-28-31(20)16(26)4-5-25/h1-5,10-11,25H,6-9,26H2,(H2,27,32)/b16-4+,25-5?. The first-order valence-electron chi connectivity index (χ1n) is 9.91. The van der Waals surface area contributed by atoms with Crippen molar-refractivity contribution in [3.63, 3.8) is 0 Å². The summed E-state index contributed by atoms with van der Waals surface area (Å²) in [5.41, 5.74) is 10.2. The predicted molar refractivity (Wildman–Crippen MR) is 117 cm³/mol. The van der Waals surface area contributed by atoms with Crippen molar-refractivity contribution >= 4 is 34.8 Å². The molecule has 1 amide bonds. The van der Waals surface area contributed by atoms with E-state index in [1.165, 1.54) is 29.1 Å². The van der Waals surface area contributed by atoms with Crippen LogP contribution in [0.15, 0.2) is 36.5 Å². The number of hydrogen-bond acceptors (Lipinski definition) is 7. The van der Waals surface area contributed by atoms with E-state index in [4.69, 9.17) is 21.6 Å². The number of amides is 1. The molecular formula is C21H20F3N7O2. The maximum absolute atomic E-state index is 13.7. The molecule has 1 aromatic carbocycles. The number of nitrogens with two attached hydrogens (primary N) is 2. The molecule has 4 rings (SSSR count). The number of benzene rings is 1. The Balaban J connectivity index is 2.04. The molecule has 1 aliphatic heterocycles. The van der Waals surface area contributed by atoms with E-state index >= 15 is 0 Å². The summed E-state index contributed by atoms with van der Waals surface area (Å²) in [4.78, 5) is 18.7. The van der Waals surface area contributed by atoms with Crippen LogP contribution < -0.4 is 16.4 Å². The van der Waals surface area contributed by atoms with E-state index in [-0.39, 0.29) is 17.0 Å². The van der Waals surface area contributed by atoms with Gasteiger partial charge in [-0.15, -0.1) is 0 Å². The normalized spacial score (nSPS) is 15.1. The molecule has 0 unspecified atom stereocenters. The fourth-order valence-electron chi connectivity index (χ4n) is 3.79. The Kier molecular flexibility index (Phi) is 5.77. The first kappa shape index (κ1) is 22.3. The first-order chi connectivity index (χ1) is 15.7. The monoisotopic (exact) mass is 459 g/mol. The number of pyridine rings is 1. The van der Waals surface area contributed by atoms with Crippen molar-refractivity contribution in [1.82, 2.24) is 14.8 Å². The fraction of sp³-hybridized carbons (Fsp3) is 0.238. The average Bonchev–Trinajstić information content (AvgIpc) is 3.22. The number of rotatable bonds is 5. The summed E-state index contributed by atoms with van der Waals surface area (Å²) in [7, 11) is 0. The van der Waals surface area contributed by atoms with E-state index < -0.39 is 23.2 Å².